The fourth-order valence-electron chi connectivity index (χ4n) is 6.32. The van der Waals surface area contributed by atoms with Gasteiger partial charge in [-0.2, -0.15) is 13.2 Å². The Morgan fingerprint density at radius 2 is 1.81 bits per heavy atom. The standard InChI is InChI=1S/C29H32F3NO4/c1-2-17-6-10-23(11-7-17)37-25-13-9-18-14-19(8-12-24(18)26(25)29(30,31)32)27(34)33-21-4-3-5-22(33)16-20(15-21)28(35)36/h8-9,12-15,17,21-23H,2-7,10-11,16H2,1H3,(H,35,36). The van der Waals surface area contributed by atoms with E-state index in [0.29, 0.717) is 35.3 Å². The Kier molecular flexibility index (Phi) is 6.94. The van der Waals surface area contributed by atoms with E-state index >= 15 is 0 Å². The molecule has 1 saturated carbocycles. The van der Waals surface area contributed by atoms with Gasteiger partial charge < -0.3 is 14.7 Å². The van der Waals surface area contributed by atoms with Crippen LogP contribution in [0.5, 0.6) is 5.75 Å². The molecule has 37 heavy (non-hydrogen) atoms. The van der Waals surface area contributed by atoms with Crippen molar-refractivity contribution < 1.29 is 32.6 Å². The van der Waals surface area contributed by atoms with Crippen molar-refractivity contribution in [3.8, 4) is 5.75 Å². The van der Waals surface area contributed by atoms with E-state index in [2.05, 4.69) is 6.92 Å². The number of nitrogens with zero attached hydrogens (tertiary/aromatic N) is 1. The van der Waals surface area contributed by atoms with Crippen molar-refractivity contribution in [2.24, 2.45) is 5.92 Å². The van der Waals surface area contributed by atoms with Gasteiger partial charge in [-0.1, -0.05) is 31.6 Å². The lowest BCUT2D eigenvalue weighted by Gasteiger charge is -2.44. The second-order valence-corrected chi connectivity index (χ2v) is 10.6. The molecule has 1 saturated heterocycles. The molecule has 2 atom stereocenters. The Balaban J connectivity index is 1.44. The summed E-state index contributed by atoms with van der Waals surface area (Å²) in [7, 11) is 0. The molecule has 2 fully saturated rings. The van der Waals surface area contributed by atoms with E-state index in [-0.39, 0.29) is 41.7 Å². The van der Waals surface area contributed by atoms with Crippen LogP contribution < -0.4 is 4.74 Å². The number of carbonyl (C=O) groups excluding carboxylic acids is 1. The molecule has 1 N–H and O–H groups in total. The average molecular weight is 516 g/mol. The van der Waals surface area contributed by atoms with Crippen molar-refractivity contribution in [2.45, 2.75) is 89.1 Å². The van der Waals surface area contributed by atoms with Crippen LogP contribution >= 0.6 is 0 Å². The van der Waals surface area contributed by atoms with Crippen molar-refractivity contribution in [3.63, 3.8) is 0 Å². The maximum atomic E-state index is 14.2. The number of piperidine rings is 1. The molecule has 2 bridgehead atoms. The molecule has 1 aliphatic carbocycles. The van der Waals surface area contributed by atoms with E-state index < -0.39 is 17.7 Å². The molecule has 2 aromatic carbocycles. The summed E-state index contributed by atoms with van der Waals surface area (Å²) in [6, 6.07) is 6.76. The number of carboxylic acid groups (broad SMARTS) is 1. The number of benzene rings is 2. The van der Waals surface area contributed by atoms with Gasteiger partial charge in [0.15, 0.2) is 0 Å². The first-order valence-electron chi connectivity index (χ1n) is 13.2. The minimum absolute atomic E-state index is 0.00990. The van der Waals surface area contributed by atoms with Gasteiger partial charge >= 0.3 is 12.1 Å². The number of hydrogen-bond donors (Lipinski definition) is 1. The highest BCUT2D eigenvalue weighted by molar-refractivity contribution is 6.00. The molecule has 0 radical (unpaired) electrons. The Labute approximate surface area is 214 Å². The summed E-state index contributed by atoms with van der Waals surface area (Å²) in [4.78, 5) is 26.7. The van der Waals surface area contributed by atoms with Crippen LogP contribution in [0.15, 0.2) is 42.0 Å². The van der Waals surface area contributed by atoms with Gasteiger partial charge in [0.1, 0.15) is 11.3 Å². The number of alkyl halides is 3. The van der Waals surface area contributed by atoms with Gasteiger partial charge in [-0.05, 0) is 86.3 Å². The number of hydrogen-bond acceptors (Lipinski definition) is 3. The van der Waals surface area contributed by atoms with Gasteiger partial charge in [0, 0.05) is 17.2 Å². The molecule has 2 aromatic rings. The summed E-state index contributed by atoms with van der Waals surface area (Å²) < 4.78 is 48.7. The molecule has 8 heteroatoms. The van der Waals surface area contributed by atoms with Crippen LogP contribution in [0.1, 0.15) is 80.6 Å². The van der Waals surface area contributed by atoms with Crippen LogP contribution in [-0.4, -0.2) is 40.1 Å². The number of ether oxygens (including phenoxy) is 1. The lowest BCUT2D eigenvalue weighted by Crippen LogP contribution is -2.52. The summed E-state index contributed by atoms with van der Waals surface area (Å²) in [5.41, 5.74) is -0.176. The van der Waals surface area contributed by atoms with Crippen molar-refractivity contribution in [1.82, 2.24) is 4.90 Å². The lowest BCUT2D eigenvalue weighted by atomic mass is 9.84. The van der Waals surface area contributed by atoms with Gasteiger partial charge in [-0.25, -0.2) is 4.79 Å². The third kappa shape index (κ3) is 5.07. The Hall–Kier alpha value is -3.03. The molecule has 0 aromatic heterocycles. The molecule has 3 aliphatic rings. The molecule has 198 valence electrons. The predicted octanol–water partition coefficient (Wildman–Crippen LogP) is 6.98. The summed E-state index contributed by atoms with van der Waals surface area (Å²) in [6.07, 6.45) is 3.87. The number of fused-ring (bicyclic) bond motifs is 3. The minimum Gasteiger partial charge on any atom is -0.490 e. The summed E-state index contributed by atoms with van der Waals surface area (Å²) in [5.74, 6) is -0.791. The fourth-order valence-corrected chi connectivity index (χ4v) is 6.32. The molecule has 2 unspecified atom stereocenters. The molecule has 5 rings (SSSR count). The molecule has 2 heterocycles. The number of carbonyl (C=O) groups is 2. The molecular weight excluding hydrogens is 483 g/mol. The van der Waals surface area contributed by atoms with Crippen LogP contribution in [0.3, 0.4) is 0 Å². The number of amides is 1. The monoisotopic (exact) mass is 515 g/mol. The first-order valence-corrected chi connectivity index (χ1v) is 13.2. The largest absolute Gasteiger partial charge is 0.490 e. The van der Waals surface area contributed by atoms with E-state index in [1.54, 1.807) is 17.0 Å². The average Bonchev–Trinajstić information content (AvgIpc) is 2.86. The van der Waals surface area contributed by atoms with Gasteiger partial charge in [-0.15, -0.1) is 0 Å². The molecule has 0 spiro atoms. The second-order valence-electron chi connectivity index (χ2n) is 10.6. The van der Waals surface area contributed by atoms with Crippen LogP contribution in [0, 0.1) is 5.92 Å². The highest BCUT2D eigenvalue weighted by atomic mass is 19.4. The van der Waals surface area contributed by atoms with Crippen LogP contribution in [0.2, 0.25) is 0 Å². The maximum Gasteiger partial charge on any atom is 0.420 e. The Morgan fingerprint density at radius 3 is 2.46 bits per heavy atom. The van der Waals surface area contributed by atoms with Crippen LogP contribution in [0.4, 0.5) is 13.2 Å². The number of rotatable bonds is 5. The van der Waals surface area contributed by atoms with E-state index in [1.807, 2.05) is 0 Å². The smallest absolute Gasteiger partial charge is 0.420 e. The zero-order chi connectivity index (χ0) is 26.3. The molecule has 1 amide bonds. The van der Waals surface area contributed by atoms with Gasteiger partial charge in [0.25, 0.3) is 5.91 Å². The second kappa shape index (κ2) is 10.0. The van der Waals surface area contributed by atoms with E-state index in [1.165, 1.54) is 24.3 Å². The van der Waals surface area contributed by atoms with E-state index in [4.69, 9.17) is 4.74 Å². The Morgan fingerprint density at radius 1 is 1.05 bits per heavy atom. The fraction of sp³-hybridized carbons (Fsp3) is 0.517. The molecular formula is C29H32F3NO4. The normalized spacial score (nSPS) is 26.1. The van der Waals surface area contributed by atoms with E-state index in [9.17, 15) is 27.9 Å². The van der Waals surface area contributed by atoms with Crippen LogP contribution in [0.25, 0.3) is 10.8 Å². The zero-order valence-corrected chi connectivity index (χ0v) is 20.9. The quantitative estimate of drug-likeness (QED) is 0.466. The zero-order valence-electron chi connectivity index (χ0n) is 20.9. The number of aliphatic carboxylic acids is 1. The maximum absolute atomic E-state index is 14.2. The Bertz CT molecular complexity index is 1230. The van der Waals surface area contributed by atoms with Crippen molar-refractivity contribution in [3.05, 3.63) is 53.1 Å². The highest BCUT2D eigenvalue weighted by Gasteiger charge is 2.40. The SMILES string of the molecule is CCC1CCC(Oc2ccc3cc(C(=O)N4C5C=C(C(=O)O)CC4CCC5)ccc3c2C(F)(F)F)CC1. The summed E-state index contributed by atoms with van der Waals surface area (Å²) in [6.45, 7) is 2.14. The van der Waals surface area contributed by atoms with Gasteiger partial charge in [0.2, 0.25) is 0 Å². The summed E-state index contributed by atoms with van der Waals surface area (Å²) in [5, 5.41) is 9.75. The van der Waals surface area contributed by atoms with Crippen molar-refractivity contribution in [1.29, 1.82) is 0 Å². The summed E-state index contributed by atoms with van der Waals surface area (Å²) >= 11 is 0. The minimum atomic E-state index is -4.61. The molecule has 5 nitrogen and oxygen atoms in total. The van der Waals surface area contributed by atoms with Crippen LogP contribution in [-0.2, 0) is 11.0 Å². The van der Waals surface area contributed by atoms with E-state index in [0.717, 1.165) is 38.5 Å². The predicted molar refractivity (Wildman–Crippen MR) is 134 cm³/mol. The first kappa shape index (κ1) is 25.6. The lowest BCUT2D eigenvalue weighted by molar-refractivity contribution is -0.138. The van der Waals surface area contributed by atoms with Gasteiger partial charge in [-0.3, -0.25) is 4.79 Å². The topological polar surface area (TPSA) is 66.8 Å². The molecule has 2 aliphatic heterocycles. The number of carboxylic acids is 1. The third-order valence-electron chi connectivity index (χ3n) is 8.32. The van der Waals surface area contributed by atoms with Crippen molar-refractivity contribution in [2.75, 3.05) is 0 Å². The van der Waals surface area contributed by atoms with Gasteiger partial charge in [0.05, 0.1) is 12.1 Å². The van der Waals surface area contributed by atoms with Crippen molar-refractivity contribution >= 4 is 22.6 Å². The third-order valence-corrected chi connectivity index (χ3v) is 8.32. The number of halogens is 3. The first-order chi connectivity index (χ1) is 17.7. The highest BCUT2D eigenvalue weighted by Crippen LogP contribution is 2.43.